The molecule has 1 nitrogen and oxygen atoms in total. The van der Waals surface area contributed by atoms with Crippen molar-refractivity contribution in [3.8, 4) is 0 Å². The molecule has 0 fully saturated rings. The van der Waals surface area contributed by atoms with Crippen LogP contribution in [-0.2, 0) is 0 Å². The van der Waals surface area contributed by atoms with Crippen molar-refractivity contribution in [1.29, 1.82) is 0 Å². The summed E-state index contributed by atoms with van der Waals surface area (Å²) in [5.74, 6) is 0.694. The lowest BCUT2D eigenvalue weighted by atomic mass is 9.96. The predicted octanol–water partition coefficient (Wildman–Crippen LogP) is 3.28. The zero-order valence-corrected chi connectivity index (χ0v) is 9.06. The van der Waals surface area contributed by atoms with Crippen LogP contribution in [0.3, 0.4) is 0 Å². The molecule has 0 saturated carbocycles. The van der Waals surface area contributed by atoms with Gasteiger partial charge >= 0.3 is 0 Å². The highest BCUT2D eigenvalue weighted by Gasteiger charge is 2.10. The number of hydrogen-bond donors (Lipinski definition) is 0. The van der Waals surface area contributed by atoms with Gasteiger partial charge in [0.1, 0.15) is 0 Å². The molecule has 0 aliphatic carbocycles. The number of rotatable bonds is 6. The maximum atomic E-state index is 4.10. The van der Waals surface area contributed by atoms with Crippen LogP contribution in [-0.4, -0.2) is 19.0 Å². The van der Waals surface area contributed by atoms with Crippen LogP contribution < -0.4 is 0 Å². The van der Waals surface area contributed by atoms with Crippen molar-refractivity contribution < 1.29 is 0 Å². The normalized spacial score (nSPS) is 12.7. The Morgan fingerprint density at radius 3 is 2.25 bits per heavy atom. The third kappa shape index (κ3) is 3.80. The molecule has 0 aliphatic heterocycles. The molecule has 1 unspecified atom stereocenters. The summed E-state index contributed by atoms with van der Waals surface area (Å²) in [6, 6.07) is 0. The maximum absolute atomic E-state index is 4.10. The van der Waals surface area contributed by atoms with Crippen LogP contribution >= 0.6 is 0 Å². The molecule has 0 spiro atoms. The van der Waals surface area contributed by atoms with Crippen LogP contribution in [0.1, 0.15) is 39.5 Å². The Kier molecular flexibility index (Phi) is 5.87. The Morgan fingerprint density at radius 1 is 1.33 bits per heavy atom. The van der Waals surface area contributed by atoms with E-state index in [1.165, 1.54) is 31.4 Å². The minimum Gasteiger partial charge on any atom is -0.381 e. The molecule has 0 N–H and O–H groups in total. The summed E-state index contributed by atoms with van der Waals surface area (Å²) in [5.41, 5.74) is 1.28. The first-order valence-corrected chi connectivity index (χ1v) is 4.99. The first-order valence-electron chi connectivity index (χ1n) is 4.99. The molecule has 1 atom stereocenters. The second-order valence-electron chi connectivity index (χ2n) is 3.63. The average molecular weight is 169 g/mol. The summed E-state index contributed by atoms with van der Waals surface area (Å²) in [5, 5.41) is 0. The van der Waals surface area contributed by atoms with Gasteiger partial charge in [-0.25, -0.2) is 0 Å². The minimum atomic E-state index is 0.694. The Bertz CT molecular complexity index is 127. The molecular formula is C11H23N. The van der Waals surface area contributed by atoms with Gasteiger partial charge in [0.25, 0.3) is 0 Å². The highest BCUT2D eigenvalue weighted by Crippen LogP contribution is 2.21. The Balaban J connectivity index is 3.88. The Labute approximate surface area is 77.5 Å². The third-order valence-corrected chi connectivity index (χ3v) is 2.44. The van der Waals surface area contributed by atoms with Gasteiger partial charge in [-0.1, -0.05) is 33.3 Å². The second-order valence-corrected chi connectivity index (χ2v) is 3.63. The molecule has 0 aromatic heterocycles. The zero-order chi connectivity index (χ0) is 9.56. The number of allylic oxidation sites excluding steroid dienone is 1. The summed E-state index contributed by atoms with van der Waals surface area (Å²) in [6.45, 7) is 8.59. The first-order chi connectivity index (χ1) is 5.63. The predicted molar refractivity (Wildman–Crippen MR) is 56.1 cm³/mol. The van der Waals surface area contributed by atoms with Crippen molar-refractivity contribution in [3.05, 3.63) is 12.3 Å². The zero-order valence-electron chi connectivity index (χ0n) is 9.06. The monoisotopic (exact) mass is 169 g/mol. The highest BCUT2D eigenvalue weighted by molar-refractivity contribution is 4.97. The van der Waals surface area contributed by atoms with E-state index in [2.05, 4.69) is 39.4 Å². The van der Waals surface area contributed by atoms with E-state index in [0.29, 0.717) is 5.92 Å². The Hall–Kier alpha value is -0.460. The lowest BCUT2D eigenvalue weighted by Crippen LogP contribution is -2.17. The van der Waals surface area contributed by atoms with E-state index in [4.69, 9.17) is 0 Å². The molecule has 0 aromatic rings. The molecule has 0 heterocycles. The van der Waals surface area contributed by atoms with Crippen molar-refractivity contribution in [2.75, 3.05) is 14.1 Å². The third-order valence-electron chi connectivity index (χ3n) is 2.44. The summed E-state index contributed by atoms with van der Waals surface area (Å²) < 4.78 is 0. The smallest absolute Gasteiger partial charge is 0.00858 e. The fraction of sp³-hybridized carbons (Fsp3) is 0.818. The van der Waals surface area contributed by atoms with Crippen LogP contribution in [0, 0.1) is 5.92 Å². The number of unbranched alkanes of at least 4 members (excludes halogenated alkanes) is 1. The van der Waals surface area contributed by atoms with Gasteiger partial charge in [-0.15, -0.1) is 0 Å². The van der Waals surface area contributed by atoms with Gasteiger partial charge in [0.2, 0.25) is 0 Å². The van der Waals surface area contributed by atoms with Gasteiger partial charge in [0.15, 0.2) is 0 Å². The standard InChI is InChI=1S/C11H23N/c1-6-8-9-11(7-2)10(3)12(4)5/h11H,3,6-9H2,1-2,4-5H3. The van der Waals surface area contributed by atoms with Crippen molar-refractivity contribution in [2.45, 2.75) is 39.5 Å². The molecule has 72 valence electrons. The number of nitrogens with zero attached hydrogens (tertiary/aromatic N) is 1. The highest BCUT2D eigenvalue weighted by atomic mass is 15.1. The molecule has 1 heteroatoms. The van der Waals surface area contributed by atoms with Crippen LogP contribution in [0.2, 0.25) is 0 Å². The lowest BCUT2D eigenvalue weighted by molar-refractivity contribution is 0.386. The molecule has 0 aromatic carbocycles. The van der Waals surface area contributed by atoms with Crippen LogP contribution in [0.5, 0.6) is 0 Å². The summed E-state index contributed by atoms with van der Waals surface area (Å²) >= 11 is 0. The molecule has 0 amide bonds. The van der Waals surface area contributed by atoms with Crippen molar-refractivity contribution in [3.63, 3.8) is 0 Å². The molecule has 0 bridgehead atoms. The SMILES string of the molecule is C=C(C(CC)CCCC)N(C)C. The largest absolute Gasteiger partial charge is 0.381 e. The van der Waals surface area contributed by atoms with Gasteiger partial charge < -0.3 is 4.90 Å². The lowest BCUT2D eigenvalue weighted by Gasteiger charge is -2.24. The van der Waals surface area contributed by atoms with E-state index in [-0.39, 0.29) is 0 Å². The van der Waals surface area contributed by atoms with Crippen LogP contribution in [0.25, 0.3) is 0 Å². The van der Waals surface area contributed by atoms with Gasteiger partial charge in [-0.05, 0) is 18.8 Å². The summed E-state index contributed by atoms with van der Waals surface area (Å²) in [6.07, 6.45) is 5.13. The van der Waals surface area contributed by atoms with Crippen molar-refractivity contribution >= 4 is 0 Å². The van der Waals surface area contributed by atoms with Gasteiger partial charge in [0, 0.05) is 19.8 Å². The number of hydrogen-bond acceptors (Lipinski definition) is 1. The molecule has 0 rings (SSSR count). The van der Waals surface area contributed by atoms with E-state index >= 15 is 0 Å². The first kappa shape index (κ1) is 11.5. The molecular weight excluding hydrogens is 146 g/mol. The van der Waals surface area contributed by atoms with E-state index in [1.54, 1.807) is 0 Å². The fourth-order valence-corrected chi connectivity index (χ4v) is 1.42. The maximum Gasteiger partial charge on any atom is 0.00858 e. The van der Waals surface area contributed by atoms with E-state index in [9.17, 15) is 0 Å². The topological polar surface area (TPSA) is 3.24 Å². The minimum absolute atomic E-state index is 0.694. The van der Waals surface area contributed by atoms with Crippen molar-refractivity contribution in [2.24, 2.45) is 5.92 Å². The molecule has 12 heavy (non-hydrogen) atoms. The quantitative estimate of drug-likeness (QED) is 0.590. The van der Waals surface area contributed by atoms with E-state index < -0.39 is 0 Å². The van der Waals surface area contributed by atoms with Gasteiger partial charge in [-0.2, -0.15) is 0 Å². The Morgan fingerprint density at radius 2 is 1.92 bits per heavy atom. The summed E-state index contributed by atoms with van der Waals surface area (Å²) in [7, 11) is 4.16. The molecule has 0 aliphatic rings. The van der Waals surface area contributed by atoms with Gasteiger partial charge in [-0.3, -0.25) is 0 Å². The van der Waals surface area contributed by atoms with E-state index in [0.717, 1.165) is 0 Å². The average Bonchev–Trinajstić information content (AvgIpc) is 2.05. The second kappa shape index (κ2) is 6.10. The summed E-state index contributed by atoms with van der Waals surface area (Å²) in [4.78, 5) is 2.14. The van der Waals surface area contributed by atoms with E-state index in [1.807, 2.05) is 0 Å². The molecule has 0 saturated heterocycles. The van der Waals surface area contributed by atoms with Crippen LogP contribution in [0.4, 0.5) is 0 Å². The van der Waals surface area contributed by atoms with Crippen molar-refractivity contribution in [1.82, 2.24) is 4.90 Å². The van der Waals surface area contributed by atoms with Gasteiger partial charge in [0.05, 0.1) is 0 Å². The molecule has 0 radical (unpaired) electrons. The fourth-order valence-electron chi connectivity index (χ4n) is 1.42. The van der Waals surface area contributed by atoms with Crippen LogP contribution in [0.15, 0.2) is 12.3 Å².